The van der Waals surface area contributed by atoms with Crippen molar-refractivity contribution in [2.75, 3.05) is 26.4 Å². The van der Waals surface area contributed by atoms with Gasteiger partial charge in [-0.05, 0) is 34.6 Å². The second-order valence-corrected chi connectivity index (χ2v) is 7.61. The van der Waals surface area contributed by atoms with E-state index >= 15 is 0 Å². The number of hydrogen-bond acceptors (Lipinski definition) is 5. The number of ether oxygens (including phenoxy) is 2. The molecule has 0 aliphatic carbocycles. The number of rotatable bonds is 11. The van der Waals surface area contributed by atoms with Gasteiger partial charge in [-0.1, -0.05) is 0 Å². The van der Waals surface area contributed by atoms with E-state index in [9.17, 15) is 0 Å². The van der Waals surface area contributed by atoms with Gasteiger partial charge in [0.1, 0.15) is 6.10 Å². The Labute approximate surface area is 117 Å². The SMILES string of the molecule is CCO[Si](CC(C)OCC1CO1)(OCC)OC(C)C. The minimum Gasteiger partial charge on any atom is -0.376 e. The minimum absolute atomic E-state index is 0.0488. The van der Waals surface area contributed by atoms with Crippen LogP contribution in [0.1, 0.15) is 34.6 Å². The molecule has 1 fully saturated rings. The Balaban J connectivity index is 2.52. The van der Waals surface area contributed by atoms with Crippen molar-refractivity contribution < 1.29 is 22.8 Å². The molecule has 6 heteroatoms. The normalized spacial score (nSPS) is 20.8. The molecule has 0 bridgehead atoms. The summed E-state index contributed by atoms with van der Waals surface area (Å²) in [6.45, 7) is 12.6. The largest absolute Gasteiger partial charge is 0.503 e. The molecule has 0 N–H and O–H groups in total. The predicted octanol–water partition coefficient (Wildman–Crippen LogP) is 2.23. The Kier molecular flexibility index (Phi) is 7.49. The first-order chi connectivity index (χ1) is 9.01. The standard InChI is InChI=1S/C13H28O5Si/c1-6-16-19(17-7-2,18-11(3)4)10-12(5)14-8-13-9-15-13/h11-13H,6-10H2,1-5H3. The number of hydrogen-bond donors (Lipinski definition) is 0. The van der Waals surface area contributed by atoms with E-state index in [0.717, 1.165) is 6.61 Å². The molecule has 114 valence electrons. The molecular weight excluding hydrogens is 264 g/mol. The van der Waals surface area contributed by atoms with Crippen molar-refractivity contribution in [3.05, 3.63) is 0 Å². The second-order valence-electron chi connectivity index (χ2n) is 5.02. The lowest BCUT2D eigenvalue weighted by molar-refractivity contribution is 0.0147. The van der Waals surface area contributed by atoms with Gasteiger partial charge >= 0.3 is 8.80 Å². The number of epoxide rings is 1. The van der Waals surface area contributed by atoms with E-state index < -0.39 is 8.80 Å². The summed E-state index contributed by atoms with van der Waals surface area (Å²) in [7, 11) is -2.64. The maximum atomic E-state index is 6.00. The van der Waals surface area contributed by atoms with Crippen LogP contribution >= 0.6 is 0 Å². The van der Waals surface area contributed by atoms with E-state index in [2.05, 4.69) is 0 Å². The molecule has 0 saturated carbocycles. The van der Waals surface area contributed by atoms with Gasteiger partial charge in [0.2, 0.25) is 0 Å². The molecule has 1 rings (SSSR count). The van der Waals surface area contributed by atoms with Crippen molar-refractivity contribution in [1.29, 1.82) is 0 Å². The monoisotopic (exact) mass is 292 g/mol. The maximum absolute atomic E-state index is 6.00. The highest BCUT2D eigenvalue weighted by Crippen LogP contribution is 2.22. The summed E-state index contributed by atoms with van der Waals surface area (Å²) in [5, 5.41) is 0. The van der Waals surface area contributed by atoms with E-state index in [-0.39, 0.29) is 18.3 Å². The zero-order valence-corrected chi connectivity index (χ0v) is 13.8. The minimum atomic E-state index is -2.64. The predicted molar refractivity (Wildman–Crippen MR) is 75.2 cm³/mol. The van der Waals surface area contributed by atoms with E-state index in [1.807, 2.05) is 34.6 Å². The lowest BCUT2D eigenvalue weighted by Crippen LogP contribution is -2.50. The molecule has 0 amide bonds. The zero-order valence-electron chi connectivity index (χ0n) is 12.8. The van der Waals surface area contributed by atoms with Crippen molar-refractivity contribution in [1.82, 2.24) is 0 Å². The van der Waals surface area contributed by atoms with E-state index in [1.54, 1.807) is 0 Å². The molecule has 0 aromatic carbocycles. The first-order valence-electron chi connectivity index (χ1n) is 7.20. The van der Waals surface area contributed by atoms with Gasteiger partial charge in [-0.2, -0.15) is 0 Å². The van der Waals surface area contributed by atoms with Crippen LogP contribution in [0, 0.1) is 0 Å². The van der Waals surface area contributed by atoms with Crippen molar-refractivity contribution in [3.8, 4) is 0 Å². The van der Waals surface area contributed by atoms with Crippen LogP contribution in [0.3, 0.4) is 0 Å². The van der Waals surface area contributed by atoms with Crippen LogP contribution in [0.2, 0.25) is 6.04 Å². The molecule has 1 aliphatic rings. The highest BCUT2D eigenvalue weighted by molar-refractivity contribution is 6.60. The fourth-order valence-corrected chi connectivity index (χ4v) is 4.89. The molecule has 0 spiro atoms. The summed E-state index contributed by atoms with van der Waals surface area (Å²) in [4.78, 5) is 0. The van der Waals surface area contributed by atoms with Crippen LogP contribution in [-0.2, 0) is 22.8 Å². The summed E-state index contributed by atoms with van der Waals surface area (Å²) in [6, 6.07) is 0.680. The van der Waals surface area contributed by atoms with Gasteiger partial charge in [0, 0.05) is 25.4 Å². The third kappa shape index (κ3) is 6.83. The van der Waals surface area contributed by atoms with Crippen molar-refractivity contribution >= 4 is 8.80 Å². The van der Waals surface area contributed by atoms with Gasteiger partial charge in [-0.3, -0.25) is 0 Å². The smallest absolute Gasteiger partial charge is 0.376 e. The molecule has 1 saturated heterocycles. The summed E-state index contributed by atoms with van der Waals surface area (Å²) >= 11 is 0. The molecule has 1 heterocycles. The van der Waals surface area contributed by atoms with E-state index in [0.29, 0.717) is 25.9 Å². The Bertz CT molecular complexity index is 239. The second kappa shape index (κ2) is 8.34. The van der Waals surface area contributed by atoms with Gasteiger partial charge in [0.25, 0.3) is 0 Å². The molecule has 0 aromatic heterocycles. The van der Waals surface area contributed by atoms with Gasteiger partial charge in [0.15, 0.2) is 0 Å². The van der Waals surface area contributed by atoms with Crippen LogP contribution in [0.4, 0.5) is 0 Å². The van der Waals surface area contributed by atoms with E-state index in [1.165, 1.54) is 0 Å². The lowest BCUT2D eigenvalue weighted by atomic mass is 10.4. The Hall–Kier alpha value is 0.0169. The van der Waals surface area contributed by atoms with Gasteiger partial charge in [0.05, 0.1) is 19.3 Å². The summed E-state index contributed by atoms with van der Waals surface area (Å²) < 4.78 is 28.6. The van der Waals surface area contributed by atoms with Crippen LogP contribution in [0.25, 0.3) is 0 Å². The summed E-state index contributed by atoms with van der Waals surface area (Å²) in [5.41, 5.74) is 0. The van der Waals surface area contributed by atoms with Crippen LogP contribution < -0.4 is 0 Å². The fourth-order valence-electron chi connectivity index (χ4n) is 1.92. The topological polar surface area (TPSA) is 49.5 Å². The molecule has 1 aliphatic heterocycles. The quantitative estimate of drug-likeness (QED) is 0.432. The molecule has 5 nitrogen and oxygen atoms in total. The average Bonchev–Trinajstić information content (AvgIpc) is 3.09. The lowest BCUT2D eigenvalue weighted by Gasteiger charge is -2.32. The average molecular weight is 292 g/mol. The molecule has 0 radical (unpaired) electrons. The third-order valence-corrected chi connectivity index (χ3v) is 6.01. The molecule has 19 heavy (non-hydrogen) atoms. The highest BCUT2D eigenvalue weighted by Gasteiger charge is 2.43. The Morgan fingerprint density at radius 1 is 1.16 bits per heavy atom. The van der Waals surface area contributed by atoms with E-state index in [4.69, 9.17) is 22.8 Å². The first-order valence-corrected chi connectivity index (χ1v) is 9.13. The van der Waals surface area contributed by atoms with Crippen molar-refractivity contribution in [3.63, 3.8) is 0 Å². The zero-order chi connectivity index (χ0) is 14.3. The van der Waals surface area contributed by atoms with Gasteiger partial charge in [-0.15, -0.1) is 0 Å². The maximum Gasteiger partial charge on any atom is 0.503 e. The molecular formula is C13H28O5Si. The highest BCUT2D eigenvalue weighted by atomic mass is 28.4. The van der Waals surface area contributed by atoms with Crippen LogP contribution in [0.15, 0.2) is 0 Å². The fraction of sp³-hybridized carbons (Fsp3) is 1.00. The first kappa shape index (κ1) is 17.1. The Morgan fingerprint density at radius 3 is 2.16 bits per heavy atom. The van der Waals surface area contributed by atoms with Gasteiger partial charge < -0.3 is 22.8 Å². The van der Waals surface area contributed by atoms with Gasteiger partial charge in [-0.25, -0.2) is 0 Å². The van der Waals surface area contributed by atoms with Crippen LogP contribution in [0.5, 0.6) is 0 Å². The van der Waals surface area contributed by atoms with Crippen molar-refractivity contribution in [2.24, 2.45) is 0 Å². The molecule has 2 unspecified atom stereocenters. The summed E-state index contributed by atoms with van der Waals surface area (Å²) in [6.07, 6.45) is 0.417. The Morgan fingerprint density at radius 2 is 1.74 bits per heavy atom. The third-order valence-electron chi connectivity index (χ3n) is 2.65. The molecule has 2 atom stereocenters. The molecule has 0 aromatic rings. The van der Waals surface area contributed by atoms with Crippen molar-refractivity contribution in [2.45, 2.75) is 59.0 Å². The van der Waals surface area contributed by atoms with Crippen LogP contribution in [-0.4, -0.2) is 53.5 Å². The summed E-state index contributed by atoms with van der Waals surface area (Å²) in [5.74, 6) is 0.